The zero-order valence-electron chi connectivity index (χ0n) is 8.89. The van der Waals surface area contributed by atoms with Gasteiger partial charge < -0.3 is 10.2 Å². The molecule has 0 aromatic heterocycles. The summed E-state index contributed by atoms with van der Waals surface area (Å²) in [7, 11) is 0. The minimum absolute atomic E-state index is 0.233. The van der Waals surface area contributed by atoms with Gasteiger partial charge >= 0.3 is 18.0 Å². The summed E-state index contributed by atoms with van der Waals surface area (Å²) in [6.07, 6.45) is -11.8. The molecule has 1 atom stereocenters. The van der Waals surface area contributed by atoms with Crippen LogP contribution in [0.5, 0.6) is 5.75 Å². The number of benzene rings is 1. The second-order valence-electron chi connectivity index (χ2n) is 3.67. The maximum atomic E-state index is 13.7. The molecule has 0 heterocycles. The smallest absolute Gasteiger partial charge is 0.435 e. The summed E-state index contributed by atoms with van der Waals surface area (Å²) in [5.74, 6) is -1.29. The van der Waals surface area contributed by atoms with Crippen LogP contribution in [0, 0.1) is 6.92 Å². The van der Waals surface area contributed by atoms with Gasteiger partial charge in [0.05, 0.1) is 0 Å². The summed E-state index contributed by atoms with van der Waals surface area (Å²) in [5.41, 5.74) is -7.35. The number of rotatable bonds is 2. The van der Waals surface area contributed by atoms with Crippen molar-refractivity contribution in [2.45, 2.75) is 24.9 Å². The monoisotopic (exact) mass is 274 g/mol. The van der Waals surface area contributed by atoms with Gasteiger partial charge in [-0.3, -0.25) is 0 Å². The van der Waals surface area contributed by atoms with Crippen LogP contribution in [0.3, 0.4) is 0 Å². The Bertz CT molecular complexity index is 435. The Morgan fingerprint density at radius 1 is 1.00 bits per heavy atom. The van der Waals surface area contributed by atoms with Gasteiger partial charge in [-0.1, -0.05) is 18.2 Å². The summed E-state index contributed by atoms with van der Waals surface area (Å²) >= 11 is 0. The van der Waals surface area contributed by atoms with Crippen LogP contribution >= 0.6 is 0 Å². The van der Waals surface area contributed by atoms with Crippen LogP contribution in [0.1, 0.15) is 11.1 Å². The fourth-order valence-corrected chi connectivity index (χ4v) is 1.42. The average Bonchev–Trinajstić information content (AvgIpc) is 2.17. The molecular formula is C10H8F6O2. The van der Waals surface area contributed by atoms with Gasteiger partial charge in [-0.2, -0.15) is 22.0 Å². The molecule has 0 bridgehead atoms. The molecule has 18 heavy (non-hydrogen) atoms. The molecule has 0 aliphatic heterocycles. The molecule has 2 N–H and O–H groups in total. The topological polar surface area (TPSA) is 40.5 Å². The van der Waals surface area contributed by atoms with Crippen molar-refractivity contribution in [2.24, 2.45) is 0 Å². The number of halogens is 6. The second-order valence-corrected chi connectivity index (χ2v) is 3.67. The molecule has 1 aromatic carbocycles. The number of para-hydroxylation sites is 1. The first kappa shape index (κ1) is 14.6. The highest BCUT2D eigenvalue weighted by Gasteiger charge is 2.73. The molecular weight excluding hydrogens is 266 g/mol. The first-order valence-electron chi connectivity index (χ1n) is 4.58. The third kappa shape index (κ3) is 2.00. The molecule has 0 fully saturated rings. The van der Waals surface area contributed by atoms with Gasteiger partial charge in [-0.15, -0.1) is 0 Å². The molecule has 1 aromatic rings. The lowest BCUT2D eigenvalue weighted by Crippen LogP contribution is -2.52. The lowest BCUT2D eigenvalue weighted by atomic mass is 9.91. The number of aliphatic hydroxyl groups is 1. The van der Waals surface area contributed by atoms with Crippen molar-refractivity contribution in [1.82, 2.24) is 0 Å². The number of hydrogen-bond acceptors (Lipinski definition) is 2. The molecule has 1 rings (SSSR count). The molecule has 1 unspecified atom stereocenters. The Morgan fingerprint density at radius 3 is 1.89 bits per heavy atom. The highest BCUT2D eigenvalue weighted by atomic mass is 19.4. The SMILES string of the molecule is Cc1cccc(C(F)(C(O)(F)F)C(F)(F)F)c1O. The Morgan fingerprint density at radius 2 is 1.50 bits per heavy atom. The van der Waals surface area contributed by atoms with Gasteiger partial charge in [0, 0.05) is 5.56 Å². The second kappa shape index (κ2) is 4.04. The van der Waals surface area contributed by atoms with Crippen LogP contribution in [0.25, 0.3) is 0 Å². The quantitative estimate of drug-likeness (QED) is 0.814. The maximum Gasteiger partial charge on any atom is 0.435 e. The molecule has 0 aliphatic carbocycles. The van der Waals surface area contributed by atoms with Crippen LogP contribution in [0.2, 0.25) is 0 Å². The zero-order chi connectivity index (χ0) is 14.4. The molecule has 8 heteroatoms. The van der Waals surface area contributed by atoms with Gasteiger partial charge in [0.25, 0.3) is 0 Å². The minimum atomic E-state index is -6.10. The summed E-state index contributed by atoms with van der Waals surface area (Å²) < 4.78 is 76.3. The maximum absolute atomic E-state index is 13.7. The molecule has 0 aliphatic rings. The van der Waals surface area contributed by atoms with Crippen molar-refractivity contribution in [1.29, 1.82) is 0 Å². The third-order valence-electron chi connectivity index (χ3n) is 2.41. The van der Waals surface area contributed by atoms with Crippen molar-refractivity contribution in [3.8, 4) is 5.75 Å². The van der Waals surface area contributed by atoms with Crippen LogP contribution < -0.4 is 0 Å². The summed E-state index contributed by atoms with van der Waals surface area (Å²) in [6, 6.07) is 2.29. The van der Waals surface area contributed by atoms with E-state index in [1.807, 2.05) is 0 Å². The van der Waals surface area contributed by atoms with Crippen molar-refractivity contribution in [3.63, 3.8) is 0 Å². The molecule has 0 spiro atoms. The number of aryl methyl sites for hydroxylation is 1. The molecule has 2 nitrogen and oxygen atoms in total. The predicted molar refractivity (Wildman–Crippen MR) is 48.9 cm³/mol. The van der Waals surface area contributed by atoms with E-state index < -0.39 is 29.3 Å². The third-order valence-corrected chi connectivity index (χ3v) is 2.41. The van der Waals surface area contributed by atoms with Gasteiger partial charge in [-0.25, -0.2) is 4.39 Å². The van der Waals surface area contributed by atoms with Crippen molar-refractivity contribution >= 4 is 0 Å². The number of aromatic hydroxyl groups is 1. The molecule has 0 saturated carbocycles. The Balaban J connectivity index is 3.61. The fraction of sp³-hybridized carbons (Fsp3) is 0.400. The van der Waals surface area contributed by atoms with E-state index in [2.05, 4.69) is 0 Å². The summed E-state index contributed by atoms with van der Waals surface area (Å²) in [5, 5.41) is 17.5. The summed E-state index contributed by atoms with van der Waals surface area (Å²) in [4.78, 5) is 0. The number of hydrogen-bond donors (Lipinski definition) is 2. The molecule has 0 radical (unpaired) electrons. The van der Waals surface area contributed by atoms with Crippen molar-refractivity contribution in [2.75, 3.05) is 0 Å². The highest BCUT2D eigenvalue weighted by molar-refractivity contribution is 5.44. The van der Waals surface area contributed by atoms with Crippen LogP contribution in [0.4, 0.5) is 26.3 Å². The van der Waals surface area contributed by atoms with Gasteiger partial charge in [0.1, 0.15) is 5.75 Å². The lowest BCUT2D eigenvalue weighted by Gasteiger charge is -2.32. The van der Waals surface area contributed by atoms with Gasteiger partial charge in [0.15, 0.2) is 0 Å². The van der Waals surface area contributed by atoms with Crippen LogP contribution in [0.15, 0.2) is 18.2 Å². The van der Waals surface area contributed by atoms with Gasteiger partial charge in [-0.05, 0) is 12.5 Å². The molecule has 0 saturated heterocycles. The minimum Gasteiger partial charge on any atom is -0.507 e. The standard InChI is InChI=1S/C10H8F6O2/c1-5-3-2-4-6(7(5)17)8(11,9(12,13)14)10(15,16)18/h2-4,17-18H,1H3. The van der Waals surface area contributed by atoms with E-state index in [0.717, 1.165) is 19.1 Å². The lowest BCUT2D eigenvalue weighted by molar-refractivity contribution is -0.376. The Kier molecular flexibility index (Phi) is 3.28. The van der Waals surface area contributed by atoms with Crippen LogP contribution in [-0.4, -0.2) is 22.5 Å². The van der Waals surface area contributed by atoms with Gasteiger partial charge in [0.2, 0.25) is 0 Å². The van der Waals surface area contributed by atoms with E-state index in [1.165, 1.54) is 0 Å². The predicted octanol–water partition coefficient (Wildman–Crippen LogP) is 3.01. The highest BCUT2D eigenvalue weighted by Crippen LogP contribution is 2.53. The number of alkyl halides is 6. The van der Waals surface area contributed by atoms with E-state index in [-0.39, 0.29) is 5.56 Å². The average molecular weight is 274 g/mol. The Hall–Kier alpha value is -1.44. The first-order chi connectivity index (χ1) is 7.93. The largest absolute Gasteiger partial charge is 0.507 e. The number of phenols is 1. The normalized spacial score (nSPS) is 16.4. The molecule has 102 valence electrons. The molecule has 0 amide bonds. The van der Waals surface area contributed by atoms with Crippen molar-refractivity contribution in [3.05, 3.63) is 29.3 Å². The van der Waals surface area contributed by atoms with Crippen LogP contribution in [-0.2, 0) is 5.67 Å². The van der Waals surface area contributed by atoms with Crippen molar-refractivity contribution < 1.29 is 36.6 Å². The van der Waals surface area contributed by atoms with E-state index >= 15 is 0 Å². The van der Waals surface area contributed by atoms with E-state index in [9.17, 15) is 31.4 Å². The summed E-state index contributed by atoms with van der Waals surface area (Å²) in [6.45, 7) is 1.10. The van der Waals surface area contributed by atoms with E-state index in [4.69, 9.17) is 5.11 Å². The van der Waals surface area contributed by atoms with E-state index in [0.29, 0.717) is 6.07 Å². The zero-order valence-corrected chi connectivity index (χ0v) is 8.89. The number of phenolic OH excluding ortho intramolecular Hbond substituents is 1. The fourth-order valence-electron chi connectivity index (χ4n) is 1.42. The Labute approximate surface area is 97.5 Å². The first-order valence-corrected chi connectivity index (χ1v) is 4.58. The van der Waals surface area contributed by atoms with E-state index in [1.54, 1.807) is 0 Å².